The van der Waals surface area contributed by atoms with Crippen LogP contribution in [0.4, 0.5) is 0 Å². The maximum atomic E-state index is 11.8. The molecule has 0 fully saturated rings. The van der Waals surface area contributed by atoms with Crippen molar-refractivity contribution >= 4 is 5.91 Å². The molecule has 1 aromatic heterocycles. The molecule has 3 rings (SSSR count). The quantitative estimate of drug-likeness (QED) is 0.451. The van der Waals surface area contributed by atoms with Crippen LogP contribution in [0.3, 0.4) is 0 Å². The van der Waals surface area contributed by atoms with E-state index in [-0.39, 0.29) is 5.91 Å². The van der Waals surface area contributed by atoms with Crippen LogP contribution >= 0.6 is 0 Å². The zero-order chi connectivity index (χ0) is 20.2. The average Bonchev–Trinajstić information content (AvgIpc) is 3.28. The molecule has 1 N–H and O–H groups in total. The second kappa shape index (κ2) is 11.6. The number of ether oxygens (including phenoxy) is 2. The summed E-state index contributed by atoms with van der Waals surface area (Å²) in [5.74, 6) is 2.52. The van der Waals surface area contributed by atoms with E-state index in [0.717, 1.165) is 35.7 Å². The topological polar surface area (TPSA) is 60.7 Å². The highest BCUT2D eigenvalue weighted by Gasteiger charge is 2.03. The number of benzene rings is 2. The van der Waals surface area contributed by atoms with Gasteiger partial charge in [0.25, 0.3) is 0 Å². The van der Waals surface area contributed by atoms with Crippen LogP contribution in [-0.2, 0) is 17.8 Å². The molecule has 5 heteroatoms. The second-order valence-electron chi connectivity index (χ2n) is 6.73. The lowest BCUT2D eigenvalue weighted by Crippen LogP contribution is -2.24. The van der Waals surface area contributed by atoms with Crippen molar-refractivity contribution in [3.8, 4) is 11.5 Å². The molecule has 0 bridgehead atoms. The highest BCUT2D eigenvalue weighted by atomic mass is 16.5. The van der Waals surface area contributed by atoms with E-state index in [1.165, 1.54) is 0 Å². The lowest BCUT2D eigenvalue weighted by atomic mass is 10.2. The van der Waals surface area contributed by atoms with Crippen molar-refractivity contribution in [1.82, 2.24) is 5.32 Å². The number of unbranched alkanes of at least 4 members (excludes halogenated alkanes) is 1. The summed E-state index contributed by atoms with van der Waals surface area (Å²) in [4.78, 5) is 11.8. The number of rotatable bonds is 12. The van der Waals surface area contributed by atoms with E-state index in [4.69, 9.17) is 13.9 Å². The number of aryl methyl sites for hydroxylation is 1. The van der Waals surface area contributed by atoms with Crippen molar-refractivity contribution in [2.24, 2.45) is 0 Å². The van der Waals surface area contributed by atoms with Crippen molar-refractivity contribution in [2.45, 2.75) is 32.3 Å². The third-order valence-electron chi connectivity index (χ3n) is 4.41. The molecule has 0 aliphatic carbocycles. The van der Waals surface area contributed by atoms with Gasteiger partial charge in [0.1, 0.15) is 23.9 Å². The van der Waals surface area contributed by atoms with E-state index in [1.807, 2.05) is 66.7 Å². The van der Waals surface area contributed by atoms with Crippen LogP contribution in [0.15, 0.2) is 77.4 Å². The summed E-state index contributed by atoms with van der Waals surface area (Å²) >= 11 is 0. The van der Waals surface area contributed by atoms with Crippen LogP contribution in [0, 0.1) is 0 Å². The second-order valence-corrected chi connectivity index (χ2v) is 6.73. The van der Waals surface area contributed by atoms with Gasteiger partial charge in [-0.2, -0.15) is 0 Å². The summed E-state index contributed by atoms with van der Waals surface area (Å²) in [6, 6.07) is 21.4. The summed E-state index contributed by atoms with van der Waals surface area (Å²) < 4.78 is 16.7. The molecule has 0 aliphatic heterocycles. The normalized spacial score (nSPS) is 10.5. The molecule has 5 nitrogen and oxygen atoms in total. The number of carbonyl (C=O) groups excluding carboxylic acids is 1. The van der Waals surface area contributed by atoms with Gasteiger partial charge in [-0.25, -0.2) is 0 Å². The molecule has 152 valence electrons. The van der Waals surface area contributed by atoms with E-state index in [1.54, 1.807) is 6.26 Å². The first-order valence-electron chi connectivity index (χ1n) is 9.98. The summed E-state index contributed by atoms with van der Waals surface area (Å²) in [6.07, 6.45) is 4.46. The molecule has 0 saturated carbocycles. The number of amides is 1. The summed E-state index contributed by atoms with van der Waals surface area (Å²) in [5.41, 5.74) is 1.14. The van der Waals surface area contributed by atoms with E-state index < -0.39 is 0 Å². The molecular weight excluding hydrogens is 366 g/mol. The van der Waals surface area contributed by atoms with E-state index in [0.29, 0.717) is 32.6 Å². The molecule has 0 aliphatic rings. The molecule has 0 radical (unpaired) electrons. The van der Waals surface area contributed by atoms with Gasteiger partial charge in [-0.1, -0.05) is 30.3 Å². The van der Waals surface area contributed by atoms with Crippen LogP contribution in [0.2, 0.25) is 0 Å². The molecule has 0 atom stereocenters. The highest BCUT2D eigenvalue weighted by molar-refractivity contribution is 5.76. The Bertz CT molecular complexity index is 829. The van der Waals surface area contributed by atoms with Gasteiger partial charge in [0.2, 0.25) is 5.91 Å². The smallest absolute Gasteiger partial charge is 0.220 e. The zero-order valence-electron chi connectivity index (χ0n) is 16.5. The molecule has 1 amide bonds. The predicted octanol–water partition coefficient (Wildman–Crippen LogP) is 4.77. The van der Waals surface area contributed by atoms with Gasteiger partial charge in [-0.15, -0.1) is 0 Å². The Morgan fingerprint density at radius 1 is 0.862 bits per heavy atom. The molecule has 0 unspecified atom stereocenters. The van der Waals surface area contributed by atoms with Crippen LogP contribution in [0.1, 0.15) is 30.6 Å². The first-order chi connectivity index (χ1) is 14.3. The fraction of sp³-hybridized carbons (Fsp3) is 0.292. The Kier molecular flexibility index (Phi) is 8.20. The molecule has 2 aromatic carbocycles. The van der Waals surface area contributed by atoms with Gasteiger partial charge in [0, 0.05) is 19.4 Å². The van der Waals surface area contributed by atoms with E-state index >= 15 is 0 Å². The Morgan fingerprint density at radius 3 is 2.34 bits per heavy atom. The maximum absolute atomic E-state index is 11.8. The first-order valence-corrected chi connectivity index (χ1v) is 9.98. The average molecular weight is 393 g/mol. The Hall–Kier alpha value is -3.21. The Labute approximate surface area is 171 Å². The van der Waals surface area contributed by atoms with Gasteiger partial charge in [0.05, 0.1) is 12.9 Å². The predicted molar refractivity (Wildman–Crippen MR) is 112 cm³/mol. The van der Waals surface area contributed by atoms with Crippen molar-refractivity contribution in [3.63, 3.8) is 0 Å². The van der Waals surface area contributed by atoms with Gasteiger partial charge in [-0.3, -0.25) is 4.79 Å². The lowest BCUT2D eigenvalue weighted by Gasteiger charge is -2.09. The standard InChI is InChI=1S/C24H27NO4/c26-24(15-14-21-9-6-18-28-21)25-16-4-5-17-27-22-10-12-23(13-11-22)29-19-20-7-2-1-3-8-20/h1-3,6-13,18H,4-5,14-17,19H2,(H,25,26). The fourth-order valence-corrected chi connectivity index (χ4v) is 2.80. The number of hydrogen-bond acceptors (Lipinski definition) is 4. The molecule has 0 saturated heterocycles. The minimum atomic E-state index is 0.0495. The SMILES string of the molecule is O=C(CCc1ccco1)NCCCCOc1ccc(OCc2ccccc2)cc1. The third-order valence-corrected chi connectivity index (χ3v) is 4.41. The van der Waals surface area contributed by atoms with Crippen molar-refractivity contribution in [3.05, 3.63) is 84.3 Å². The Morgan fingerprint density at radius 2 is 1.62 bits per heavy atom. The Balaban J connectivity index is 1.23. The molecule has 0 spiro atoms. The van der Waals surface area contributed by atoms with Crippen LogP contribution in [0.25, 0.3) is 0 Å². The minimum Gasteiger partial charge on any atom is -0.494 e. The van der Waals surface area contributed by atoms with Crippen LogP contribution in [-0.4, -0.2) is 19.1 Å². The van der Waals surface area contributed by atoms with Crippen molar-refractivity contribution in [2.75, 3.05) is 13.2 Å². The maximum Gasteiger partial charge on any atom is 0.220 e. The summed E-state index contributed by atoms with van der Waals surface area (Å²) in [6.45, 7) is 1.83. The largest absolute Gasteiger partial charge is 0.494 e. The molecule has 3 aromatic rings. The summed E-state index contributed by atoms with van der Waals surface area (Å²) in [7, 11) is 0. The molecular formula is C24H27NO4. The third kappa shape index (κ3) is 7.74. The minimum absolute atomic E-state index is 0.0495. The highest BCUT2D eigenvalue weighted by Crippen LogP contribution is 2.19. The fourth-order valence-electron chi connectivity index (χ4n) is 2.80. The van der Waals surface area contributed by atoms with Crippen LogP contribution in [0.5, 0.6) is 11.5 Å². The monoisotopic (exact) mass is 393 g/mol. The van der Waals surface area contributed by atoms with Crippen LogP contribution < -0.4 is 14.8 Å². The summed E-state index contributed by atoms with van der Waals surface area (Å²) in [5, 5.41) is 2.93. The lowest BCUT2D eigenvalue weighted by molar-refractivity contribution is -0.121. The van der Waals surface area contributed by atoms with Crippen molar-refractivity contribution in [1.29, 1.82) is 0 Å². The van der Waals surface area contributed by atoms with Gasteiger partial charge >= 0.3 is 0 Å². The number of hydrogen-bond donors (Lipinski definition) is 1. The zero-order valence-corrected chi connectivity index (χ0v) is 16.5. The number of carbonyl (C=O) groups is 1. The van der Waals surface area contributed by atoms with Gasteiger partial charge < -0.3 is 19.2 Å². The number of furan rings is 1. The first kappa shape index (κ1) is 20.5. The van der Waals surface area contributed by atoms with Crippen molar-refractivity contribution < 1.29 is 18.7 Å². The van der Waals surface area contributed by atoms with Gasteiger partial charge in [-0.05, 0) is 54.8 Å². The van der Waals surface area contributed by atoms with Gasteiger partial charge in [0.15, 0.2) is 0 Å². The van der Waals surface area contributed by atoms with E-state index in [2.05, 4.69) is 5.32 Å². The molecule has 29 heavy (non-hydrogen) atoms. The molecule has 1 heterocycles. The number of nitrogens with one attached hydrogen (secondary N) is 1. The van der Waals surface area contributed by atoms with E-state index in [9.17, 15) is 4.79 Å².